The van der Waals surface area contributed by atoms with Crippen molar-refractivity contribution < 1.29 is 19.0 Å². The zero-order chi connectivity index (χ0) is 16.2. The Kier molecular flexibility index (Phi) is 4.43. The molecule has 118 valence electrons. The molecule has 3 rings (SSSR count). The van der Waals surface area contributed by atoms with Crippen molar-refractivity contribution in [1.29, 1.82) is 0 Å². The molecule has 0 N–H and O–H groups in total. The molecule has 3 aromatic rings. The average molecular weight is 329 g/mol. The van der Waals surface area contributed by atoms with E-state index in [4.69, 9.17) is 14.2 Å². The van der Waals surface area contributed by atoms with Gasteiger partial charge in [-0.25, -0.2) is 9.78 Å². The van der Waals surface area contributed by atoms with E-state index >= 15 is 0 Å². The third-order valence-electron chi connectivity index (χ3n) is 3.30. The summed E-state index contributed by atoms with van der Waals surface area (Å²) in [5.74, 6) is 0.329. The first-order valence-electron chi connectivity index (χ1n) is 6.95. The number of methoxy groups -OCH3 is 2. The fourth-order valence-corrected chi connectivity index (χ4v) is 3.11. The van der Waals surface area contributed by atoms with Crippen LogP contribution in [0.1, 0.15) is 15.4 Å². The predicted octanol–water partition coefficient (Wildman–Crippen LogP) is 3.67. The van der Waals surface area contributed by atoms with Gasteiger partial charge in [0.25, 0.3) is 0 Å². The lowest BCUT2D eigenvalue weighted by atomic mass is 10.2. The molecule has 0 bridgehead atoms. The van der Waals surface area contributed by atoms with E-state index in [9.17, 15) is 4.79 Å². The summed E-state index contributed by atoms with van der Waals surface area (Å²) < 4.78 is 16.9. The molecule has 0 radical (unpaired) electrons. The summed E-state index contributed by atoms with van der Waals surface area (Å²) in [6, 6.07) is 12.9. The maximum Gasteiger partial charge on any atom is 0.346 e. The molecule has 5 nitrogen and oxygen atoms in total. The maximum absolute atomic E-state index is 12.4. The highest BCUT2D eigenvalue weighted by molar-refractivity contribution is 7.18. The number of thiazole rings is 1. The highest BCUT2D eigenvalue weighted by Crippen LogP contribution is 2.29. The molecular formula is C17H15NO4S. The van der Waals surface area contributed by atoms with Crippen molar-refractivity contribution >= 4 is 27.5 Å². The number of carbonyl (C=O) groups is 1. The Labute approximate surface area is 137 Å². The van der Waals surface area contributed by atoms with Crippen molar-refractivity contribution in [3.63, 3.8) is 0 Å². The number of aromatic nitrogens is 1. The Morgan fingerprint density at radius 3 is 2.39 bits per heavy atom. The molecule has 6 heteroatoms. The quantitative estimate of drug-likeness (QED) is 0.669. The summed E-state index contributed by atoms with van der Waals surface area (Å²) in [4.78, 5) is 16.8. The van der Waals surface area contributed by atoms with E-state index in [-0.39, 0.29) is 12.2 Å². The molecule has 0 amide bonds. The molecule has 0 aliphatic rings. The van der Waals surface area contributed by atoms with E-state index in [1.54, 1.807) is 18.2 Å². The molecule has 1 heterocycles. The van der Waals surface area contributed by atoms with Crippen LogP contribution in [0.15, 0.2) is 42.5 Å². The molecule has 1 aromatic heterocycles. The van der Waals surface area contributed by atoms with Crippen molar-refractivity contribution in [3.05, 3.63) is 53.0 Å². The minimum Gasteiger partial charge on any atom is -0.496 e. The minimum absolute atomic E-state index is 0.110. The van der Waals surface area contributed by atoms with E-state index in [0.717, 1.165) is 15.2 Å². The van der Waals surface area contributed by atoms with Crippen molar-refractivity contribution in [2.75, 3.05) is 14.2 Å². The number of rotatable bonds is 5. The number of para-hydroxylation sites is 1. The fourth-order valence-electron chi connectivity index (χ4n) is 2.23. The number of esters is 1. The first kappa shape index (κ1) is 15.3. The summed E-state index contributed by atoms with van der Waals surface area (Å²) in [6.45, 7) is 0.110. The Bertz CT molecular complexity index is 788. The second-order valence-corrected chi connectivity index (χ2v) is 5.80. The smallest absolute Gasteiger partial charge is 0.346 e. The molecule has 0 saturated heterocycles. The highest BCUT2D eigenvalue weighted by atomic mass is 32.1. The van der Waals surface area contributed by atoms with Crippen LogP contribution in [0.2, 0.25) is 0 Å². The van der Waals surface area contributed by atoms with Crippen molar-refractivity contribution in [2.45, 2.75) is 6.61 Å². The predicted molar refractivity (Wildman–Crippen MR) is 88.3 cm³/mol. The van der Waals surface area contributed by atoms with E-state index in [1.165, 1.54) is 25.6 Å². The zero-order valence-electron chi connectivity index (χ0n) is 12.7. The van der Waals surface area contributed by atoms with Gasteiger partial charge >= 0.3 is 5.97 Å². The van der Waals surface area contributed by atoms with Crippen LogP contribution in [-0.2, 0) is 11.3 Å². The van der Waals surface area contributed by atoms with Gasteiger partial charge in [-0.1, -0.05) is 18.2 Å². The van der Waals surface area contributed by atoms with Gasteiger partial charge in [-0.15, -0.1) is 11.3 Å². The third-order valence-corrected chi connectivity index (χ3v) is 4.31. The average Bonchev–Trinajstić information content (AvgIpc) is 3.01. The molecule has 0 unspecified atom stereocenters. The Morgan fingerprint density at radius 2 is 1.74 bits per heavy atom. The number of ether oxygens (including phenoxy) is 3. The molecule has 0 aliphatic carbocycles. The van der Waals surface area contributed by atoms with Crippen LogP contribution in [0.5, 0.6) is 11.5 Å². The van der Waals surface area contributed by atoms with Crippen molar-refractivity contribution in [1.82, 2.24) is 4.98 Å². The van der Waals surface area contributed by atoms with Crippen LogP contribution in [0.4, 0.5) is 0 Å². The van der Waals surface area contributed by atoms with E-state index in [1.807, 2.05) is 24.3 Å². The highest BCUT2D eigenvalue weighted by Gasteiger charge is 2.20. The Hall–Kier alpha value is -2.60. The number of hydrogen-bond acceptors (Lipinski definition) is 6. The van der Waals surface area contributed by atoms with Crippen LogP contribution in [0.3, 0.4) is 0 Å². The molecule has 23 heavy (non-hydrogen) atoms. The number of benzene rings is 2. The summed E-state index contributed by atoms with van der Waals surface area (Å²) in [5.41, 5.74) is 1.18. The number of nitrogens with zero attached hydrogens (tertiary/aromatic N) is 1. The lowest BCUT2D eigenvalue weighted by molar-refractivity contribution is 0.0465. The van der Waals surface area contributed by atoms with Crippen molar-refractivity contribution in [3.8, 4) is 11.5 Å². The van der Waals surface area contributed by atoms with Crippen LogP contribution >= 0.6 is 11.3 Å². The van der Waals surface area contributed by atoms with Crippen LogP contribution in [-0.4, -0.2) is 25.2 Å². The number of carbonyl (C=O) groups excluding carboxylic acids is 1. The normalized spacial score (nSPS) is 10.5. The second-order valence-electron chi connectivity index (χ2n) is 4.69. The number of fused-ring (bicyclic) bond motifs is 1. The maximum atomic E-state index is 12.4. The second kappa shape index (κ2) is 6.66. The summed E-state index contributed by atoms with van der Waals surface area (Å²) in [5, 5.41) is 0.744. The Balaban J connectivity index is 1.79. The van der Waals surface area contributed by atoms with Crippen molar-refractivity contribution in [2.24, 2.45) is 0 Å². The first-order valence-corrected chi connectivity index (χ1v) is 7.77. The lowest BCUT2D eigenvalue weighted by Gasteiger charge is -2.11. The van der Waals surface area contributed by atoms with Crippen LogP contribution < -0.4 is 9.47 Å². The van der Waals surface area contributed by atoms with Gasteiger partial charge in [0.1, 0.15) is 28.7 Å². The van der Waals surface area contributed by atoms with Gasteiger partial charge < -0.3 is 14.2 Å². The van der Waals surface area contributed by atoms with Gasteiger partial charge in [-0.3, -0.25) is 0 Å². The molecule has 0 fully saturated rings. The molecule has 0 atom stereocenters. The standard InChI is InChI=1S/C17H15NO4S/c1-20-12-7-5-8-13(21-2)16(12)17(19)22-10-15-18-11-6-3-4-9-14(11)23-15/h3-9H,10H2,1-2H3. The van der Waals surface area contributed by atoms with E-state index in [2.05, 4.69) is 4.98 Å². The zero-order valence-corrected chi connectivity index (χ0v) is 13.6. The molecule has 0 spiro atoms. The summed E-state index contributed by atoms with van der Waals surface area (Å²) >= 11 is 1.50. The summed E-state index contributed by atoms with van der Waals surface area (Å²) in [6.07, 6.45) is 0. The molecule has 2 aromatic carbocycles. The minimum atomic E-state index is -0.501. The number of hydrogen-bond donors (Lipinski definition) is 0. The fraction of sp³-hybridized carbons (Fsp3) is 0.176. The van der Waals surface area contributed by atoms with Gasteiger partial charge in [0.2, 0.25) is 0 Å². The van der Waals surface area contributed by atoms with Crippen LogP contribution in [0.25, 0.3) is 10.2 Å². The van der Waals surface area contributed by atoms with Gasteiger partial charge in [0.05, 0.1) is 24.4 Å². The van der Waals surface area contributed by atoms with Gasteiger partial charge in [-0.05, 0) is 24.3 Å². The van der Waals surface area contributed by atoms with E-state index in [0.29, 0.717) is 11.5 Å². The molecular weight excluding hydrogens is 314 g/mol. The van der Waals surface area contributed by atoms with Gasteiger partial charge in [0, 0.05) is 0 Å². The van der Waals surface area contributed by atoms with E-state index < -0.39 is 5.97 Å². The Morgan fingerprint density at radius 1 is 1.04 bits per heavy atom. The monoisotopic (exact) mass is 329 g/mol. The summed E-state index contributed by atoms with van der Waals surface area (Å²) in [7, 11) is 3.00. The van der Waals surface area contributed by atoms with Gasteiger partial charge in [-0.2, -0.15) is 0 Å². The lowest BCUT2D eigenvalue weighted by Crippen LogP contribution is -2.09. The SMILES string of the molecule is COc1cccc(OC)c1C(=O)OCc1nc2ccccc2s1. The van der Waals surface area contributed by atoms with Crippen LogP contribution in [0, 0.1) is 0 Å². The first-order chi connectivity index (χ1) is 11.2. The largest absolute Gasteiger partial charge is 0.496 e. The third kappa shape index (κ3) is 3.12. The molecule has 0 aliphatic heterocycles. The topological polar surface area (TPSA) is 57.7 Å². The molecule has 0 saturated carbocycles. The van der Waals surface area contributed by atoms with Gasteiger partial charge in [0.15, 0.2) is 0 Å².